The summed E-state index contributed by atoms with van der Waals surface area (Å²) in [4.78, 5) is 10.9. The molecule has 0 spiro atoms. The molecule has 0 aromatic rings. The van der Waals surface area contributed by atoms with Crippen molar-refractivity contribution >= 4 is 5.91 Å². The largest absolute Gasteiger partial charge is 0.387 e. The molecule has 1 unspecified atom stereocenters. The number of hydrogen-bond acceptors (Lipinski definition) is 5. The fraction of sp³-hybridized carbons (Fsp3) is 0.833. The molecule has 6 heteroatoms. The van der Waals surface area contributed by atoms with Gasteiger partial charge in [-0.1, -0.05) is 0 Å². The Morgan fingerprint density at radius 2 is 1.92 bits per heavy atom. The number of carbonyl (C=O) groups excluding carboxylic acids is 1. The van der Waals surface area contributed by atoms with Gasteiger partial charge in [-0.3, -0.25) is 4.79 Å². The molecule has 0 aliphatic carbocycles. The predicted molar refractivity (Wildman–Crippen MR) is 37.0 cm³/mol. The number of hydrogen-bond donors (Lipinski definition) is 4. The zero-order valence-corrected chi connectivity index (χ0v) is 6.47. The summed E-state index contributed by atoms with van der Waals surface area (Å²) in [5.74, 6) is -0.571. The van der Waals surface area contributed by atoms with Crippen LogP contribution in [-0.2, 0) is 9.53 Å². The van der Waals surface area contributed by atoms with Crippen LogP contribution in [0.4, 0.5) is 0 Å². The lowest BCUT2D eigenvalue weighted by molar-refractivity contribution is -0.150. The van der Waals surface area contributed by atoms with Gasteiger partial charge in [0.05, 0.1) is 0 Å². The Labute approximate surface area is 68.8 Å². The smallest absolute Gasteiger partial charge is 0.251 e. The lowest BCUT2D eigenvalue weighted by Gasteiger charge is -2.11. The van der Waals surface area contributed by atoms with Crippen LogP contribution in [0.2, 0.25) is 0 Å². The average molecular weight is 177 g/mol. The molecule has 0 saturated carbocycles. The van der Waals surface area contributed by atoms with E-state index in [9.17, 15) is 4.79 Å². The van der Waals surface area contributed by atoms with Gasteiger partial charge in [0.1, 0.15) is 12.2 Å². The number of amides is 1. The van der Waals surface area contributed by atoms with E-state index in [1.54, 1.807) is 0 Å². The molecule has 0 radical (unpaired) electrons. The van der Waals surface area contributed by atoms with Gasteiger partial charge in [-0.15, -0.1) is 0 Å². The fourth-order valence-corrected chi connectivity index (χ4v) is 1.02. The summed E-state index contributed by atoms with van der Waals surface area (Å²) in [5.41, 5.74) is 0. The van der Waals surface area contributed by atoms with E-state index in [2.05, 4.69) is 10.1 Å². The van der Waals surface area contributed by atoms with Crippen LogP contribution in [0.1, 0.15) is 0 Å². The van der Waals surface area contributed by atoms with Crippen LogP contribution >= 0.6 is 0 Å². The Hall–Kier alpha value is -0.690. The summed E-state index contributed by atoms with van der Waals surface area (Å²) in [5, 5.41) is 29.2. The Bertz CT molecular complexity index is 185. The molecule has 0 aromatic heterocycles. The van der Waals surface area contributed by atoms with Gasteiger partial charge in [0.25, 0.3) is 5.91 Å². The van der Waals surface area contributed by atoms with Crippen LogP contribution in [0.3, 0.4) is 0 Å². The SMILES string of the molecule is CNC(=O)[C@H]1OC(O)[C@H](O)[C@@H]1O. The van der Waals surface area contributed by atoms with E-state index in [0.717, 1.165) is 0 Å². The van der Waals surface area contributed by atoms with Crippen molar-refractivity contribution in [2.45, 2.75) is 24.6 Å². The van der Waals surface area contributed by atoms with E-state index in [1.165, 1.54) is 7.05 Å². The van der Waals surface area contributed by atoms with E-state index in [4.69, 9.17) is 15.3 Å². The van der Waals surface area contributed by atoms with Crippen molar-refractivity contribution in [3.63, 3.8) is 0 Å². The Kier molecular flexibility index (Phi) is 2.63. The Morgan fingerprint density at radius 1 is 1.33 bits per heavy atom. The highest BCUT2D eigenvalue weighted by atomic mass is 16.6. The van der Waals surface area contributed by atoms with Crippen molar-refractivity contribution in [1.82, 2.24) is 5.32 Å². The van der Waals surface area contributed by atoms with Crippen molar-refractivity contribution in [1.29, 1.82) is 0 Å². The van der Waals surface area contributed by atoms with Crippen LogP contribution in [0.15, 0.2) is 0 Å². The van der Waals surface area contributed by atoms with Crippen molar-refractivity contribution in [2.75, 3.05) is 7.05 Å². The molecule has 1 rings (SSSR count). The highest BCUT2D eigenvalue weighted by Gasteiger charge is 2.45. The third-order valence-electron chi connectivity index (χ3n) is 1.74. The van der Waals surface area contributed by atoms with Crippen LogP contribution in [-0.4, -0.2) is 52.9 Å². The van der Waals surface area contributed by atoms with Crippen molar-refractivity contribution in [2.24, 2.45) is 0 Å². The molecular weight excluding hydrogens is 166 g/mol. The van der Waals surface area contributed by atoms with E-state index in [0.29, 0.717) is 0 Å². The highest BCUT2D eigenvalue weighted by Crippen LogP contribution is 2.19. The zero-order chi connectivity index (χ0) is 9.30. The molecule has 0 bridgehead atoms. The summed E-state index contributed by atoms with van der Waals surface area (Å²) in [7, 11) is 1.37. The first-order valence-corrected chi connectivity index (χ1v) is 3.49. The molecule has 1 heterocycles. The third-order valence-corrected chi connectivity index (χ3v) is 1.74. The summed E-state index contributed by atoms with van der Waals surface area (Å²) >= 11 is 0. The van der Waals surface area contributed by atoms with Gasteiger partial charge >= 0.3 is 0 Å². The molecule has 1 fully saturated rings. The number of ether oxygens (including phenoxy) is 1. The standard InChI is InChI=1S/C6H11NO5/c1-7-5(10)4-2(8)3(9)6(11)12-4/h2-4,6,8-9,11H,1H3,(H,7,10)/t2-,3+,4-,6?/m0/s1. The molecule has 1 saturated heterocycles. The number of rotatable bonds is 1. The van der Waals surface area contributed by atoms with Crippen molar-refractivity contribution < 1.29 is 24.9 Å². The highest BCUT2D eigenvalue weighted by molar-refractivity contribution is 5.81. The van der Waals surface area contributed by atoms with Crippen molar-refractivity contribution in [3.05, 3.63) is 0 Å². The maximum absolute atomic E-state index is 10.9. The molecule has 1 aliphatic heterocycles. The minimum atomic E-state index is -1.50. The minimum absolute atomic E-state index is 0.571. The molecule has 0 aromatic carbocycles. The van der Waals surface area contributed by atoms with Gasteiger partial charge in [0, 0.05) is 7.05 Å². The number of carbonyl (C=O) groups is 1. The summed E-state index contributed by atoms with van der Waals surface area (Å²) in [6, 6.07) is 0. The maximum atomic E-state index is 10.9. The normalized spacial score (nSPS) is 41.3. The van der Waals surface area contributed by atoms with Gasteiger partial charge in [-0.25, -0.2) is 0 Å². The predicted octanol–water partition coefficient (Wildman–Crippen LogP) is -2.83. The summed E-state index contributed by atoms with van der Waals surface area (Å²) < 4.78 is 4.58. The fourth-order valence-electron chi connectivity index (χ4n) is 1.02. The number of aliphatic hydroxyl groups is 3. The third kappa shape index (κ3) is 1.42. The number of aliphatic hydroxyl groups excluding tert-OH is 3. The van der Waals surface area contributed by atoms with Crippen LogP contribution in [0.5, 0.6) is 0 Å². The molecule has 6 nitrogen and oxygen atoms in total. The molecule has 4 atom stereocenters. The molecular formula is C6H11NO5. The second kappa shape index (κ2) is 3.36. The summed E-state index contributed by atoms with van der Waals surface area (Å²) in [6.07, 6.45) is -5.49. The minimum Gasteiger partial charge on any atom is -0.387 e. The molecule has 4 N–H and O–H groups in total. The second-order valence-electron chi connectivity index (χ2n) is 2.54. The van der Waals surface area contributed by atoms with Gasteiger partial charge < -0.3 is 25.4 Å². The van der Waals surface area contributed by atoms with Crippen LogP contribution in [0.25, 0.3) is 0 Å². The summed E-state index contributed by atoms with van der Waals surface area (Å²) in [6.45, 7) is 0. The maximum Gasteiger partial charge on any atom is 0.251 e. The molecule has 70 valence electrons. The lowest BCUT2D eigenvalue weighted by atomic mass is 10.1. The monoisotopic (exact) mass is 177 g/mol. The number of likely N-dealkylation sites (N-methyl/N-ethyl adjacent to an activating group) is 1. The van der Waals surface area contributed by atoms with Crippen LogP contribution < -0.4 is 5.32 Å². The average Bonchev–Trinajstić information content (AvgIpc) is 2.32. The first kappa shape index (κ1) is 9.40. The van der Waals surface area contributed by atoms with Gasteiger partial charge in [-0.05, 0) is 0 Å². The Morgan fingerprint density at radius 3 is 2.25 bits per heavy atom. The van der Waals surface area contributed by atoms with Gasteiger partial charge in [0.15, 0.2) is 12.4 Å². The zero-order valence-electron chi connectivity index (χ0n) is 6.47. The van der Waals surface area contributed by atoms with E-state index >= 15 is 0 Å². The first-order chi connectivity index (χ1) is 5.57. The van der Waals surface area contributed by atoms with Crippen LogP contribution in [0, 0.1) is 0 Å². The molecule has 12 heavy (non-hydrogen) atoms. The van der Waals surface area contributed by atoms with Gasteiger partial charge in [0.2, 0.25) is 0 Å². The van der Waals surface area contributed by atoms with E-state index in [-0.39, 0.29) is 0 Å². The Balaban J connectivity index is 2.64. The van der Waals surface area contributed by atoms with E-state index < -0.39 is 30.5 Å². The first-order valence-electron chi connectivity index (χ1n) is 3.49. The number of nitrogens with one attached hydrogen (secondary N) is 1. The molecule has 1 aliphatic rings. The molecule has 1 amide bonds. The van der Waals surface area contributed by atoms with E-state index in [1.807, 2.05) is 0 Å². The second-order valence-corrected chi connectivity index (χ2v) is 2.54. The van der Waals surface area contributed by atoms with Crippen molar-refractivity contribution in [3.8, 4) is 0 Å². The van der Waals surface area contributed by atoms with Gasteiger partial charge in [-0.2, -0.15) is 0 Å². The lowest BCUT2D eigenvalue weighted by Crippen LogP contribution is -2.41. The quantitative estimate of drug-likeness (QED) is 0.346. The topological polar surface area (TPSA) is 99.0 Å².